The maximum Gasteiger partial charge on any atom is 0.260 e. The zero-order valence-corrected chi connectivity index (χ0v) is 12.7. The fourth-order valence-corrected chi connectivity index (χ4v) is 2.50. The minimum absolute atomic E-state index is 0.0394. The minimum Gasteiger partial charge on any atom is -0.484 e. The van der Waals surface area contributed by atoms with Crippen molar-refractivity contribution in [2.75, 3.05) is 26.7 Å². The summed E-state index contributed by atoms with van der Waals surface area (Å²) >= 11 is 5.96. The first kappa shape index (κ1) is 15.1. The van der Waals surface area contributed by atoms with Crippen LogP contribution in [0.15, 0.2) is 18.2 Å². The van der Waals surface area contributed by atoms with Gasteiger partial charge in [-0.1, -0.05) is 11.6 Å². The molecule has 1 atom stereocenters. The summed E-state index contributed by atoms with van der Waals surface area (Å²) in [6, 6.07) is 5.82. The molecule has 1 aromatic carbocycles. The lowest BCUT2D eigenvalue weighted by atomic mass is 10.1. The van der Waals surface area contributed by atoms with Crippen molar-refractivity contribution in [2.24, 2.45) is 0 Å². The monoisotopic (exact) mass is 296 g/mol. The van der Waals surface area contributed by atoms with Crippen molar-refractivity contribution < 1.29 is 9.53 Å². The number of piperidine rings is 1. The second-order valence-electron chi connectivity index (χ2n) is 5.17. The zero-order chi connectivity index (χ0) is 14.5. The molecule has 1 saturated heterocycles. The highest BCUT2D eigenvalue weighted by Gasteiger charge is 2.22. The molecule has 1 fully saturated rings. The summed E-state index contributed by atoms with van der Waals surface area (Å²) in [5.74, 6) is 0.722. The van der Waals surface area contributed by atoms with Gasteiger partial charge >= 0.3 is 0 Å². The Morgan fingerprint density at radius 1 is 1.55 bits per heavy atom. The lowest BCUT2D eigenvalue weighted by molar-refractivity contribution is -0.134. The van der Waals surface area contributed by atoms with Crippen LogP contribution in [-0.2, 0) is 4.79 Å². The molecule has 1 unspecified atom stereocenters. The van der Waals surface area contributed by atoms with E-state index in [4.69, 9.17) is 16.3 Å². The van der Waals surface area contributed by atoms with Gasteiger partial charge in [-0.3, -0.25) is 4.79 Å². The smallest absolute Gasteiger partial charge is 0.260 e. The van der Waals surface area contributed by atoms with Crippen molar-refractivity contribution in [1.82, 2.24) is 10.2 Å². The van der Waals surface area contributed by atoms with E-state index in [2.05, 4.69) is 5.32 Å². The van der Waals surface area contributed by atoms with Gasteiger partial charge in [0.15, 0.2) is 6.61 Å². The molecule has 1 amide bonds. The van der Waals surface area contributed by atoms with Crippen molar-refractivity contribution in [2.45, 2.75) is 25.8 Å². The molecule has 0 aromatic heterocycles. The number of nitrogens with zero attached hydrogens (tertiary/aromatic N) is 1. The Morgan fingerprint density at radius 3 is 3.05 bits per heavy atom. The number of likely N-dealkylation sites (tertiary alicyclic amines) is 1. The van der Waals surface area contributed by atoms with E-state index in [1.54, 1.807) is 12.1 Å². The molecule has 0 saturated carbocycles. The van der Waals surface area contributed by atoms with E-state index in [1.807, 2.05) is 24.9 Å². The third-order valence-electron chi connectivity index (χ3n) is 3.67. The van der Waals surface area contributed by atoms with Gasteiger partial charge in [-0.15, -0.1) is 0 Å². The molecule has 1 N–H and O–H groups in total. The quantitative estimate of drug-likeness (QED) is 0.926. The fourth-order valence-electron chi connectivity index (χ4n) is 2.38. The summed E-state index contributed by atoms with van der Waals surface area (Å²) < 4.78 is 5.56. The van der Waals surface area contributed by atoms with Crippen LogP contribution in [0.4, 0.5) is 0 Å². The van der Waals surface area contributed by atoms with E-state index >= 15 is 0 Å². The Balaban J connectivity index is 1.86. The number of benzene rings is 1. The summed E-state index contributed by atoms with van der Waals surface area (Å²) in [5, 5.41) is 3.93. The average molecular weight is 297 g/mol. The maximum absolute atomic E-state index is 12.1. The molecule has 1 aromatic rings. The summed E-state index contributed by atoms with van der Waals surface area (Å²) in [6.07, 6.45) is 2.16. The Morgan fingerprint density at radius 2 is 2.35 bits per heavy atom. The zero-order valence-electron chi connectivity index (χ0n) is 12.0. The van der Waals surface area contributed by atoms with Gasteiger partial charge in [0.1, 0.15) is 5.75 Å². The molecular weight excluding hydrogens is 276 g/mol. The lowest BCUT2D eigenvalue weighted by Gasteiger charge is -2.32. The van der Waals surface area contributed by atoms with Gasteiger partial charge in [0.2, 0.25) is 0 Å². The molecule has 20 heavy (non-hydrogen) atoms. The van der Waals surface area contributed by atoms with Gasteiger partial charge in [0.25, 0.3) is 5.91 Å². The fraction of sp³-hybridized carbons (Fsp3) is 0.533. The maximum atomic E-state index is 12.1. The number of hydrogen-bond donors (Lipinski definition) is 1. The van der Waals surface area contributed by atoms with Crippen LogP contribution in [0.2, 0.25) is 5.02 Å². The summed E-state index contributed by atoms with van der Waals surface area (Å²) in [6.45, 7) is 3.58. The van der Waals surface area contributed by atoms with Crippen LogP contribution in [0.25, 0.3) is 0 Å². The highest BCUT2D eigenvalue weighted by molar-refractivity contribution is 6.31. The SMILES string of the molecule is CNC1CCCN(C(=O)COc2ccc(Cl)c(C)c2)C1. The predicted octanol–water partition coefficient (Wildman–Crippen LogP) is 2.24. The van der Waals surface area contributed by atoms with E-state index in [-0.39, 0.29) is 12.5 Å². The number of hydrogen-bond acceptors (Lipinski definition) is 3. The summed E-state index contributed by atoms with van der Waals surface area (Å²) in [7, 11) is 1.94. The summed E-state index contributed by atoms with van der Waals surface area (Å²) in [5.41, 5.74) is 0.949. The van der Waals surface area contributed by atoms with Crippen LogP contribution >= 0.6 is 11.6 Å². The number of likely N-dealkylation sites (N-methyl/N-ethyl adjacent to an activating group) is 1. The van der Waals surface area contributed by atoms with E-state index in [9.17, 15) is 4.79 Å². The first-order chi connectivity index (χ1) is 9.60. The van der Waals surface area contributed by atoms with Crippen LogP contribution in [0, 0.1) is 6.92 Å². The topological polar surface area (TPSA) is 41.6 Å². The largest absolute Gasteiger partial charge is 0.484 e. The Bertz CT molecular complexity index is 479. The van der Waals surface area contributed by atoms with Gasteiger partial charge in [-0.25, -0.2) is 0 Å². The van der Waals surface area contributed by atoms with Gasteiger partial charge < -0.3 is 15.0 Å². The van der Waals surface area contributed by atoms with Crippen molar-refractivity contribution in [3.63, 3.8) is 0 Å². The average Bonchev–Trinajstić information content (AvgIpc) is 2.48. The van der Waals surface area contributed by atoms with Crippen molar-refractivity contribution in [3.05, 3.63) is 28.8 Å². The Kier molecular flexibility index (Phi) is 5.26. The van der Waals surface area contributed by atoms with E-state index in [1.165, 1.54) is 0 Å². The molecule has 1 aliphatic heterocycles. The highest BCUT2D eigenvalue weighted by atomic mass is 35.5. The lowest BCUT2D eigenvalue weighted by Crippen LogP contribution is -2.48. The third-order valence-corrected chi connectivity index (χ3v) is 4.10. The first-order valence-electron chi connectivity index (χ1n) is 6.94. The number of ether oxygens (including phenoxy) is 1. The molecule has 0 aliphatic carbocycles. The van der Waals surface area contributed by atoms with Crippen molar-refractivity contribution in [3.8, 4) is 5.75 Å². The molecule has 1 heterocycles. The molecule has 5 heteroatoms. The molecule has 0 bridgehead atoms. The number of rotatable bonds is 4. The number of aryl methyl sites for hydroxylation is 1. The number of carbonyl (C=O) groups excluding carboxylic acids is 1. The van der Waals surface area contributed by atoms with Crippen molar-refractivity contribution >= 4 is 17.5 Å². The van der Waals surface area contributed by atoms with Crippen LogP contribution in [0.3, 0.4) is 0 Å². The van der Waals surface area contributed by atoms with Crippen LogP contribution in [0.5, 0.6) is 5.75 Å². The van der Waals surface area contributed by atoms with Gasteiger partial charge in [0, 0.05) is 24.2 Å². The molecular formula is C15H21ClN2O2. The number of amides is 1. The number of nitrogens with one attached hydrogen (secondary N) is 1. The van der Waals surface area contributed by atoms with E-state index in [0.29, 0.717) is 16.8 Å². The van der Waals surface area contributed by atoms with Crippen LogP contribution in [0.1, 0.15) is 18.4 Å². The molecule has 1 aliphatic rings. The number of halogens is 1. The van der Waals surface area contributed by atoms with Gasteiger partial charge in [0.05, 0.1) is 0 Å². The molecule has 2 rings (SSSR count). The molecule has 110 valence electrons. The molecule has 4 nitrogen and oxygen atoms in total. The van der Waals surface area contributed by atoms with Crippen LogP contribution < -0.4 is 10.1 Å². The standard InChI is InChI=1S/C15H21ClN2O2/c1-11-8-13(5-6-14(11)16)20-10-15(19)18-7-3-4-12(9-18)17-2/h5-6,8,12,17H,3-4,7,9-10H2,1-2H3. The highest BCUT2D eigenvalue weighted by Crippen LogP contribution is 2.21. The second-order valence-corrected chi connectivity index (χ2v) is 5.57. The Labute approximate surface area is 125 Å². The third kappa shape index (κ3) is 3.87. The van der Waals surface area contributed by atoms with E-state index < -0.39 is 0 Å². The van der Waals surface area contributed by atoms with Gasteiger partial charge in [-0.2, -0.15) is 0 Å². The summed E-state index contributed by atoms with van der Waals surface area (Å²) in [4.78, 5) is 14.0. The van der Waals surface area contributed by atoms with E-state index in [0.717, 1.165) is 31.5 Å². The normalized spacial score (nSPS) is 18.9. The Hall–Kier alpha value is -1.26. The minimum atomic E-state index is 0.0394. The molecule has 0 spiro atoms. The predicted molar refractivity (Wildman–Crippen MR) is 80.3 cm³/mol. The first-order valence-corrected chi connectivity index (χ1v) is 7.32. The van der Waals surface area contributed by atoms with Crippen LogP contribution in [-0.4, -0.2) is 43.6 Å². The van der Waals surface area contributed by atoms with Crippen molar-refractivity contribution in [1.29, 1.82) is 0 Å². The second kappa shape index (κ2) is 6.95. The molecule has 0 radical (unpaired) electrons. The van der Waals surface area contributed by atoms with Gasteiger partial charge in [-0.05, 0) is 50.6 Å². The number of carbonyl (C=O) groups is 1.